The molecule has 1 aromatic heterocycles. The molecule has 5 nitrogen and oxygen atoms in total. The Balaban J connectivity index is 2.22. The average Bonchev–Trinajstić information content (AvgIpc) is 2.41. The van der Waals surface area contributed by atoms with Gasteiger partial charge in [0.15, 0.2) is 11.5 Å². The fourth-order valence-electron chi connectivity index (χ4n) is 1.44. The summed E-state index contributed by atoms with van der Waals surface area (Å²) in [4.78, 5) is 8.27. The number of hydrogen-bond donors (Lipinski definition) is 1. The molecule has 0 atom stereocenters. The van der Waals surface area contributed by atoms with Gasteiger partial charge in [0.1, 0.15) is 5.82 Å². The van der Waals surface area contributed by atoms with Crippen LogP contribution in [-0.4, -0.2) is 23.6 Å². The molecule has 0 aliphatic carbocycles. The first kappa shape index (κ1) is 12.2. The number of aromatic nitrogens is 2. The number of nitrogens with zero attached hydrogens (tertiary/aromatic N) is 2. The molecule has 2 aromatic rings. The van der Waals surface area contributed by atoms with E-state index in [1.165, 1.54) is 0 Å². The first-order chi connectivity index (χ1) is 8.83. The second-order valence-electron chi connectivity index (χ2n) is 3.47. The lowest BCUT2D eigenvalue weighted by Crippen LogP contribution is -1.98. The molecule has 0 amide bonds. The standard InChI is InChI=1S/C13H15N3O2/c1-3-17-10-6-4-5-7-11(10)18-13-9-15-8-12(14-2)16-13/h4-9H,3H2,1-2H3,(H,14,16). The van der Waals surface area contributed by atoms with Gasteiger partial charge in [-0.15, -0.1) is 0 Å². The van der Waals surface area contributed by atoms with Crippen molar-refractivity contribution in [2.24, 2.45) is 0 Å². The lowest BCUT2D eigenvalue weighted by molar-refractivity contribution is 0.319. The van der Waals surface area contributed by atoms with Crippen LogP contribution in [0.5, 0.6) is 17.4 Å². The van der Waals surface area contributed by atoms with Gasteiger partial charge in [0.2, 0.25) is 5.88 Å². The molecular weight excluding hydrogens is 230 g/mol. The lowest BCUT2D eigenvalue weighted by atomic mass is 10.3. The van der Waals surface area contributed by atoms with Crippen LogP contribution in [0.15, 0.2) is 36.7 Å². The molecule has 0 unspecified atom stereocenters. The van der Waals surface area contributed by atoms with Crippen molar-refractivity contribution in [3.05, 3.63) is 36.7 Å². The highest BCUT2D eigenvalue weighted by molar-refractivity contribution is 5.42. The molecule has 18 heavy (non-hydrogen) atoms. The fourth-order valence-corrected chi connectivity index (χ4v) is 1.44. The van der Waals surface area contributed by atoms with Crippen LogP contribution in [0.25, 0.3) is 0 Å². The van der Waals surface area contributed by atoms with E-state index < -0.39 is 0 Å². The third-order valence-electron chi connectivity index (χ3n) is 2.23. The zero-order chi connectivity index (χ0) is 12.8. The quantitative estimate of drug-likeness (QED) is 0.877. The van der Waals surface area contributed by atoms with Crippen molar-refractivity contribution in [2.75, 3.05) is 19.0 Å². The van der Waals surface area contributed by atoms with Gasteiger partial charge in [-0.3, -0.25) is 4.98 Å². The maximum absolute atomic E-state index is 5.67. The van der Waals surface area contributed by atoms with Gasteiger partial charge >= 0.3 is 0 Å². The monoisotopic (exact) mass is 245 g/mol. The van der Waals surface area contributed by atoms with Crippen molar-refractivity contribution < 1.29 is 9.47 Å². The van der Waals surface area contributed by atoms with Gasteiger partial charge in [-0.2, -0.15) is 4.98 Å². The number of nitrogens with one attached hydrogen (secondary N) is 1. The van der Waals surface area contributed by atoms with Gasteiger partial charge in [0.05, 0.1) is 19.0 Å². The van der Waals surface area contributed by atoms with Crippen LogP contribution in [0.2, 0.25) is 0 Å². The van der Waals surface area contributed by atoms with E-state index >= 15 is 0 Å². The van der Waals surface area contributed by atoms with Gasteiger partial charge in [-0.25, -0.2) is 0 Å². The molecule has 1 heterocycles. The molecule has 5 heteroatoms. The summed E-state index contributed by atoms with van der Waals surface area (Å²) in [5, 5.41) is 2.91. The second kappa shape index (κ2) is 5.86. The van der Waals surface area contributed by atoms with Crippen LogP contribution in [0, 0.1) is 0 Å². The van der Waals surface area contributed by atoms with Gasteiger partial charge < -0.3 is 14.8 Å². The second-order valence-corrected chi connectivity index (χ2v) is 3.47. The van der Waals surface area contributed by atoms with Crippen molar-refractivity contribution in [2.45, 2.75) is 6.92 Å². The number of para-hydroxylation sites is 2. The van der Waals surface area contributed by atoms with Crippen LogP contribution < -0.4 is 14.8 Å². The molecule has 0 saturated heterocycles. The van der Waals surface area contributed by atoms with Crippen molar-refractivity contribution in [1.82, 2.24) is 9.97 Å². The van der Waals surface area contributed by atoms with Crippen LogP contribution >= 0.6 is 0 Å². The molecule has 2 rings (SSSR count). The fraction of sp³-hybridized carbons (Fsp3) is 0.231. The molecule has 1 N–H and O–H groups in total. The van der Waals surface area contributed by atoms with E-state index in [9.17, 15) is 0 Å². The van der Waals surface area contributed by atoms with Gasteiger partial charge in [-0.1, -0.05) is 12.1 Å². The average molecular weight is 245 g/mol. The van der Waals surface area contributed by atoms with Gasteiger partial charge in [0.25, 0.3) is 0 Å². The highest BCUT2D eigenvalue weighted by Crippen LogP contribution is 2.30. The molecule has 0 spiro atoms. The van der Waals surface area contributed by atoms with E-state index in [1.54, 1.807) is 19.4 Å². The Labute approximate surface area is 106 Å². The Morgan fingerprint density at radius 2 is 1.94 bits per heavy atom. The van der Waals surface area contributed by atoms with Crippen molar-refractivity contribution in [3.63, 3.8) is 0 Å². The van der Waals surface area contributed by atoms with E-state index in [2.05, 4.69) is 15.3 Å². The molecular formula is C13H15N3O2. The summed E-state index contributed by atoms with van der Waals surface area (Å²) >= 11 is 0. The van der Waals surface area contributed by atoms with Crippen LogP contribution in [0.1, 0.15) is 6.92 Å². The van der Waals surface area contributed by atoms with Crippen molar-refractivity contribution in [1.29, 1.82) is 0 Å². The minimum Gasteiger partial charge on any atom is -0.490 e. The Kier molecular flexibility index (Phi) is 3.96. The molecule has 1 aromatic carbocycles. The Hall–Kier alpha value is -2.30. The van der Waals surface area contributed by atoms with E-state index in [4.69, 9.17) is 9.47 Å². The minimum absolute atomic E-state index is 0.425. The smallest absolute Gasteiger partial charge is 0.240 e. The Bertz CT molecular complexity index is 517. The van der Waals surface area contributed by atoms with Crippen molar-refractivity contribution >= 4 is 5.82 Å². The van der Waals surface area contributed by atoms with E-state index in [0.29, 0.717) is 29.8 Å². The number of hydrogen-bond acceptors (Lipinski definition) is 5. The summed E-state index contributed by atoms with van der Waals surface area (Å²) in [6.45, 7) is 2.51. The third-order valence-corrected chi connectivity index (χ3v) is 2.23. The van der Waals surface area contributed by atoms with Gasteiger partial charge in [0, 0.05) is 7.05 Å². The summed E-state index contributed by atoms with van der Waals surface area (Å²) in [6, 6.07) is 7.47. The SMILES string of the molecule is CCOc1ccccc1Oc1cncc(NC)n1. The normalized spacial score (nSPS) is 9.89. The predicted octanol–water partition coefficient (Wildman–Crippen LogP) is 2.71. The van der Waals surface area contributed by atoms with Crippen LogP contribution in [0.4, 0.5) is 5.82 Å². The first-order valence-electron chi connectivity index (χ1n) is 5.73. The Morgan fingerprint density at radius 3 is 2.67 bits per heavy atom. The summed E-state index contributed by atoms with van der Waals surface area (Å²) in [5.41, 5.74) is 0. The van der Waals surface area contributed by atoms with Crippen molar-refractivity contribution in [3.8, 4) is 17.4 Å². The summed E-state index contributed by atoms with van der Waals surface area (Å²) in [7, 11) is 1.78. The summed E-state index contributed by atoms with van der Waals surface area (Å²) < 4.78 is 11.1. The topological polar surface area (TPSA) is 56.3 Å². The highest BCUT2D eigenvalue weighted by atomic mass is 16.5. The molecule has 0 saturated carbocycles. The van der Waals surface area contributed by atoms with E-state index in [0.717, 1.165) is 0 Å². The van der Waals surface area contributed by atoms with E-state index in [1.807, 2.05) is 31.2 Å². The maximum atomic E-state index is 5.67. The van der Waals surface area contributed by atoms with Gasteiger partial charge in [-0.05, 0) is 19.1 Å². The summed E-state index contributed by atoms with van der Waals surface area (Å²) in [6.07, 6.45) is 3.19. The van der Waals surface area contributed by atoms with Crippen LogP contribution in [-0.2, 0) is 0 Å². The Morgan fingerprint density at radius 1 is 1.17 bits per heavy atom. The number of ether oxygens (including phenoxy) is 2. The van der Waals surface area contributed by atoms with E-state index in [-0.39, 0.29) is 0 Å². The minimum atomic E-state index is 0.425. The largest absolute Gasteiger partial charge is 0.490 e. The highest BCUT2D eigenvalue weighted by Gasteiger charge is 2.06. The third kappa shape index (κ3) is 2.88. The number of benzene rings is 1. The van der Waals surface area contributed by atoms with Crippen LogP contribution in [0.3, 0.4) is 0 Å². The molecule has 0 aliphatic rings. The first-order valence-corrected chi connectivity index (χ1v) is 5.73. The number of anilines is 1. The molecule has 0 radical (unpaired) electrons. The molecule has 0 fully saturated rings. The predicted molar refractivity (Wildman–Crippen MR) is 69.3 cm³/mol. The molecule has 0 bridgehead atoms. The molecule has 94 valence electrons. The summed E-state index contributed by atoms with van der Waals surface area (Å²) in [5.74, 6) is 2.40. The molecule has 0 aliphatic heterocycles. The lowest BCUT2D eigenvalue weighted by Gasteiger charge is -2.10. The number of rotatable bonds is 5. The maximum Gasteiger partial charge on any atom is 0.240 e. The zero-order valence-electron chi connectivity index (χ0n) is 10.4. The zero-order valence-corrected chi connectivity index (χ0v) is 10.4.